The molecule has 0 amide bonds. The Balaban J connectivity index is 1.09. The molecule has 0 saturated carbocycles. The Kier molecular flexibility index (Phi) is 7.54. The Hall–Kier alpha value is -5.60. The van der Waals surface area contributed by atoms with Crippen LogP contribution in [0.15, 0.2) is 182 Å². The van der Waals surface area contributed by atoms with Crippen molar-refractivity contribution in [2.24, 2.45) is 11.8 Å². The predicted molar refractivity (Wildman–Crippen MR) is 195 cm³/mol. The first-order valence-corrected chi connectivity index (χ1v) is 16.2. The van der Waals surface area contributed by atoms with Crippen molar-refractivity contribution < 1.29 is 0 Å². The molecular formula is C44H36N2. The van der Waals surface area contributed by atoms with Gasteiger partial charge in [-0.2, -0.15) is 0 Å². The van der Waals surface area contributed by atoms with Crippen molar-refractivity contribution in [3.63, 3.8) is 0 Å². The van der Waals surface area contributed by atoms with Gasteiger partial charge in [-0.3, -0.25) is 0 Å². The molecule has 0 fully saturated rings. The van der Waals surface area contributed by atoms with Gasteiger partial charge in [0.05, 0.1) is 6.04 Å². The van der Waals surface area contributed by atoms with Crippen LogP contribution in [0.25, 0.3) is 23.3 Å². The van der Waals surface area contributed by atoms with E-state index < -0.39 is 0 Å². The van der Waals surface area contributed by atoms with E-state index in [0.29, 0.717) is 11.8 Å². The second-order valence-electron chi connectivity index (χ2n) is 12.1. The van der Waals surface area contributed by atoms with Crippen LogP contribution in [0, 0.1) is 11.8 Å². The van der Waals surface area contributed by atoms with E-state index in [-0.39, 0.29) is 6.04 Å². The second-order valence-corrected chi connectivity index (χ2v) is 12.1. The molecule has 0 bridgehead atoms. The molecular weight excluding hydrogens is 556 g/mol. The van der Waals surface area contributed by atoms with Crippen LogP contribution in [-0.2, 0) is 0 Å². The van der Waals surface area contributed by atoms with Gasteiger partial charge in [-0.1, -0.05) is 134 Å². The molecule has 0 saturated heterocycles. The molecule has 2 heteroatoms. The van der Waals surface area contributed by atoms with E-state index in [2.05, 4.69) is 198 Å². The summed E-state index contributed by atoms with van der Waals surface area (Å²) in [5.41, 5.74) is 8.31. The van der Waals surface area contributed by atoms with Gasteiger partial charge in [0.2, 0.25) is 0 Å². The van der Waals surface area contributed by atoms with Crippen molar-refractivity contribution in [3.05, 3.63) is 192 Å². The highest BCUT2D eigenvalue weighted by Crippen LogP contribution is 2.37. The summed E-state index contributed by atoms with van der Waals surface area (Å²) < 4.78 is 0. The summed E-state index contributed by atoms with van der Waals surface area (Å²) in [6.45, 7) is 0. The van der Waals surface area contributed by atoms with E-state index in [1.807, 2.05) is 0 Å². The van der Waals surface area contributed by atoms with E-state index >= 15 is 0 Å². The third-order valence-electron chi connectivity index (χ3n) is 9.26. The monoisotopic (exact) mass is 592 g/mol. The molecule has 5 aromatic rings. The maximum Gasteiger partial charge on any atom is 0.0566 e. The minimum absolute atomic E-state index is 0.241. The van der Waals surface area contributed by atoms with Crippen LogP contribution in [0.4, 0.5) is 22.7 Å². The van der Waals surface area contributed by atoms with Gasteiger partial charge in [-0.15, -0.1) is 0 Å². The lowest BCUT2D eigenvalue weighted by Crippen LogP contribution is -2.37. The van der Waals surface area contributed by atoms with Gasteiger partial charge in [0, 0.05) is 40.3 Å². The number of hydrogen-bond acceptors (Lipinski definition) is 2. The highest BCUT2D eigenvalue weighted by Gasteiger charge is 2.23. The summed E-state index contributed by atoms with van der Waals surface area (Å²) >= 11 is 0. The van der Waals surface area contributed by atoms with E-state index in [0.717, 1.165) is 17.8 Å². The van der Waals surface area contributed by atoms with Crippen LogP contribution in [-0.4, -0.2) is 6.04 Å². The van der Waals surface area contributed by atoms with Gasteiger partial charge in [-0.25, -0.2) is 0 Å². The van der Waals surface area contributed by atoms with Crippen molar-refractivity contribution in [3.8, 4) is 11.1 Å². The molecule has 0 aromatic heterocycles. The van der Waals surface area contributed by atoms with Gasteiger partial charge in [0.1, 0.15) is 0 Å². The van der Waals surface area contributed by atoms with Crippen molar-refractivity contribution in [1.82, 2.24) is 0 Å². The normalized spacial score (nSPS) is 19.2. The molecule has 8 rings (SSSR count). The summed E-state index contributed by atoms with van der Waals surface area (Å²) in [4.78, 5) is 4.82. The summed E-state index contributed by atoms with van der Waals surface area (Å²) in [6.07, 6.45) is 21.6. The number of benzene rings is 5. The van der Waals surface area contributed by atoms with Crippen LogP contribution >= 0.6 is 0 Å². The van der Waals surface area contributed by atoms with Crippen LogP contribution in [0.1, 0.15) is 6.42 Å². The second kappa shape index (κ2) is 12.4. The highest BCUT2D eigenvalue weighted by atomic mass is 15.2. The summed E-state index contributed by atoms with van der Waals surface area (Å²) in [7, 11) is 0. The predicted octanol–water partition coefficient (Wildman–Crippen LogP) is 9.48. The Morgan fingerprint density at radius 2 is 1.00 bits per heavy atom. The quantitative estimate of drug-likeness (QED) is 0.186. The van der Waals surface area contributed by atoms with E-state index in [9.17, 15) is 0 Å². The minimum atomic E-state index is 0.241. The summed E-state index contributed by atoms with van der Waals surface area (Å²) in [5, 5.41) is 2.62. The maximum atomic E-state index is 2.46. The van der Waals surface area contributed by atoms with Crippen LogP contribution in [0.3, 0.4) is 0 Å². The number of rotatable bonds is 7. The molecule has 3 aliphatic carbocycles. The first-order valence-electron chi connectivity index (χ1n) is 16.2. The molecule has 0 N–H and O–H groups in total. The van der Waals surface area contributed by atoms with Gasteiger partial charge >= 0.3 is 0 Å². The smallest absolute Gasteiger partial charge is 0.0566 e. The number of fused-ring (bicyclic) bond motifs is 2. The molecule has 0 spiro atoms. The van der Waals surface area contributed by atoms with Crippen molar-refractivity contribution in [1.29, 1.82) is 0 Å². The van der Waals surface area contributed by atoms with Crippen molar-refractivity contribution in [2.75, 3.05) is 9.80 Å². The molecule has 0 heterocycles. The topological polar surface area (TPSA) is 6.48 Å². The lowest BCUT2D eigenvalue weighted by Gasteiger charge is -2.33. The fourth-order valence-corrected chi connectivity index (χ4v) is 6.93. The minimum Gasteiger partial charge on any atom is -0.334 e. The van der Waals surface area contributed by atoms with Crippen LogP contribution in [0.5, 0.6) is 0 Å². The van der Waals surface area contributed by atoms with Gasteiger partial charge < -0.3 is 9.80 Å². The van der Waals surface area contributed by atoms with Crippen LogP contribution in [0.2, 0.25) is 0 Å². The third kappa shape index (κ3) is 5.55. The first kappa shape index (κ1) is 27.9. The fourth-order valence-electron chi connectivity index (χ4n) is 6.93. The average Bonchev–Trinajstić information content (AvgIpc) is 3.13. The number of nitrogens with zero attached hydrogens (tertiary/aromatic N) is 2. The molecule has 0 radical (unpaired) electrons. The standard InChI is InChI=1S/C44H36N2/c1-3-15-39(16-4-1)45(43-29-23-33-11-7-9-13-37(33)31-43)41-25-19-35(20-26-41)36-21-27-42(28-22-36)46(40-17-5-2-6-18-40)44-30-24-34-12-8-10-14-38(34)32-44/h1-29,31-33,37,44H,30H2. The largest absolute Gasteiger partial charge is 0.334 e. The van der Waals surface area contributed by atoms with Crippen LogP contribution < -0.4 is 20.2 Å². The Morgan fingerprint density at radius 3 is 1.70 bits per heavy atom. The average molecular weight is 593 g/mol. The Labute approximate surface area is 271 Å². The van der Waals surface area contributed by atoms with E-state index in [4.69, 9.17) is 0 Å². The number of hydrogen-bond donors (Lipinski definition) is 0. The van der Waals surface area contributed by atoms with Gasteiger partial charge in [0.15, 0.2) is 0 Å². The zero-order chi connectivity index (χ0) is 30.7. The summed E-state index contributed by atoms with van der Waals surface area (Å²) in [6, 6.07) is 48.3. The molecule has 46 heavy (non-hydrogen) atoms. The van der Waals surface area contributed by atoms with Crippen molar-refractivity contribution in [2.45, 2.75) is 12.5 Å². The third-order valence-corrected chi connectivity index (χ3v) is 9.26. The molecule has 5 aromatic carbocycles. The highest BCUT2D eigenvalue weighted by molar-refractivity contribution is 5.76. The lowest BCUT2D eigenvalue weighted by molar-refractivity contribution is 0.652. The zero-order valence-electron chi connectivity index (χ0n) is 25.7. The number of anilines is 4. The Morgan fingerprint density at radius 1 is 0.457 bits per heavy atom. The molecule has 0 aliphatic heterocycles. The van der Waals surface area contributed by atoms with E-state index in [1.165, 1.54) is 38.6 Å². The molecule has 3 unspecified atom stereocenters. The van der Waals surface area contributed by atoms with Gasteiger partial charge in [-0.05, 0) is 82.6 Å². The molecule has 3 aliphatic rings. The van der Waals surface area contributed by atoms with E-state index in [1.54, 1.807) is 0 Å². The maximum absolute atomic E-state index is 2.46. The van der Waals surface area contributed by atoms with Gasteiger partial charge in [0.25, 0.3) is 0 Å². The summed E-state index contributed by atoms with van der Waals surface area (Å²) in [5.74, 6) is 0.808. The van der Waals surface area contributed by atoms with Crippen molar-refractivity contribution >= 4 is 34.9 Å². The number of allylic oxidation sites excluding steroid dienone is 7. The SMILES string of the molecule is C1=CC2C=CC(N(c3ccccc3)c3ccc(-c4ccc(N(c5ccccc5)C5C=c6ccccc6=CC5)cc4)cc3)=CC2C=C1. The Bertz CT molecular complexity index is 2070. The first-order chi connectivity index (χ1) is 22.8. The molecule has 3 atom stereocenters. The fraction of sp³-hybridized carbons (Fsp3) is 0.0909. The number of para-hydroxylation sites is 2. The molecule has 222 valence electrons. The molecule has 2 nitrogen and oxygen atoms in total. The zero-order valence-corrected chi connectivity index (χ0v) is 25.7. The lowest BCUT2D eigenvalue weighted by atomic mass is 9.84.